The number of carboxylic acid groups (broad SMARTS) is 1. The first kappa shape index (κ1) is 17.6. The molecule has 0 aliphatic carbocycles. The standard InChI is InChI=1S/C18H24N4O3/c1-13-3-5-15(6-4-13)17-19-18(25-20-17)14(2)22-11-9-21(10-12-22)8-7-16(23)24/h3-6,14H,7-12H2,1-2H3,(H,23,24). The molecule has 134 valence electrons. The molecular weight excluding hydrogens is 320 g/mol. The van der Waals surface area contributed by atoms with Crippen LogP contribution in [0.5, 0.6) is 0 Å². The number of piperazine rings is 1. The Morgan fingerprint density at radius 1 is 1.24 bits per heavy atom. The van der Waals surface area contributed by atoms with Crippen molar-refractivity contribution in [3.63, 3.8) is 0 Å². The lowest BCUT2D eigenvalue weighted by Crippen LogP contribution is -2.47. The molecule has 2 heterocycles. The number of carboxylic acids is 1. The van der Waals surface area contributed by atoms with Crippen molar-refractivity contribution >= 4 is 5.97 Å². The van der Waals surface area contributed by atoms with Crippen molar-refractivity contribution in [1.29, 1.82) is 0 Å². The van der Waals surface area contributed by atoms with Gasteiger partial charge in [0.25, 0.3) is 0 Å². The van der Waals surface area contributed by atoms with E-state index in [1.54, 1.807) is 0 Å². The summed E-state index contributed by atoms with van der Waals surface area (Å²) < 4.78 is 5.48. The molecule has 1 aliphatic rings. The van der Waals surface area contributed by atoms with Crippen molar-refractivity contribution in [2.24, 2.45) is 0 Å². The van der Waals surface area contributed by atoms with E-state index in [1.807, 2.05) is 31.2 Å². The number of nitrogens with zero attached hydrogens (tertiary/aromatic N) is 4. The second-order valence-electron chi connectivity index (χ2n) is 6.52. The molecule has 1 atom stereocenters. The predicted octanol–water partition coefficient (Wildman–Crippen LogP) is 2.20. The van der Waals surface area contributed by atoms with Gasteiger partial charge in [-0.25, -0.2) is 0 Å². The minimum absolute atomic E-state index is 0.0494. The van der Waals surface area contributed by atoms with E-state index in [0.717, 1.165) is 31.7 Å². The maximum Gasteiger partial charge on any atom is 0.304 e. The Labute approximate surface area is 147 Å². The highest BCUT2D eigenvalue weighted by Gasteiger charge is 2.26. The molecule has 1 N–H and O–H groups in total. The van der Waals surface area contributed by atoms with Crippen LogP contribution in [0.25, 0.3) is 11.4 Å². The Kier molecular flexibility index (Phi) is 5.45. The number of aryl methyl sites for hydroxylation is 1. The second-order valence-corrected chi connectivity index (χ2v) is 6.52. The third-order valence-electron chi connectivity index (χ3n) is 4.71. The average Bonchev–Trinajstić information content (AvgIpc) is 3.10. The van der Waals surface area contributed by atoms with Gasteiger partial charge in [0, 0.05) is 38.3 Å². The number of hydrogen-bond donors (Lipinski definition) is 1. The van der Waals surface area contributed by atoms with Gasteiger partial charge in [-0.1, -0.05) is 35.0 Å². The average molecular weight is 344 g/mol. The van der Waals surface area contributed by atoms with Gasteiger partial charge in [0.05, 0.1) is 12.5 Å². The summed E-state index contributed by atoms with van der Waals surface area (Å²) in [6.45, 7) is 8.16. The molecule has 0 amide bonds. The molecule has 2 aromatic rings. The maximum absolute atomic E-state index is 10.7. The van der Waals surface area contributed by atoms with E-state index < -0.39 is 5.97 Å². The van der Waals surface area contributed by atoms with Crippen molar-refractivity contribution in [2.75, 3.05) is 32.7 Å². The molecule has 7 nitrogen and oxygen atoms in total. The fraction of sp³-hybridized carbons (Fsp3) is 0.500. The summed E-state index contributed by atoms with van der Waals surface area (Å²) in [7, 11) is 0. The van der Waals surface area contributed by atoms with Crippen molar-refractivity contribution in [1.82, 2.24) is 19.9 Å². The van der Waals surface area contributed by atoms with Crippen molar-refractivity contribution < 1.29 is 14.4 Å². The SMILES string of the molecule is Cc1ccc(-c2noc(C(C)N3CCN(CCC(=O)O)CC3)n2)cc1. The highest BCUT2D eigenvalue weighted by molar-refractivity contribution is 5.66. The molecule has 1 unspecified atom stereocenters. The molecule has 0 bridgehead atoms. The molecule has 1 aliphatic heterocycles. The third-order valence-corrected chi connectivity index (χ3v) is 4.71. The molecule has 0 spiro atoms. The second kappa shape index (κ2) is 7.76. The van der Waals surface area contributed by atoms with E-state index in [9.17, 15) is 4.79 Å². The van der Waals surface area contributed by atoms with Crippen LogP contribution >= 0.6 is 0 Å². The Morgan fingerprint density at radius 2 is 1.92 bits per heavy atom. The summed E-state index contributed by atoms with van der Waals surface area (Å²) in [6, 6.07) is 8.11. The van der Waals surface area contributed by atoms with Gasteiger partial charge in [-0.2, -0.15) is 4.98 Å². The van der Waals surface area contributed by atoms with Gasteiger partial charge in [0.15, 0.2) is 0 Å². The minimum Gasteiger partial charge on any atom is -0.481 e. The monoisotopic (exact) mass is 344 g/mol. The van der Waals surface area contributed by atoms with Crippen LogP contribution in [0, 0.1) is 6.92 Å². The van der Waals surface area contributed by atoms with Gasteiger partial charge in [-0.15, -0.1) is 0 Å². The largest absolute Gasteiger partial charge is 0.481 e. The lowest BCUT2D eigenvalue weighted by Gasteiger charge is -2.36. The van der Waals surface area contributed by atoms with Crippen LogP contribution in [-0.2, 0) is 4.79 Å². The third kappa shape index (κ3) is 4.43. The highest BCUT2D eigenvalue weighted by atomic mass is 16.5. The van der Waals surface area contributed by atoms with Crippen LogP contribution in [0.4, 0.5) is 0 Å². The number of carbonyl (C=O) groups is 1. The normalized spacial score (nSPS) is 17.5. The summed E-state index contributed by atoms with van der Waals surface area (Å²) in [5.41, 5.74) is 2.15. The summed E-state index contributed by atoms with van der Waals surface area (Å²) >= 11 is 0. The van der Waals surface area contributed by atoms with E-state index in [1.165, 1.54) is 5.56 Å². The van der Waals surface area contributed by atoms with Gasteiger partial charge < -0.3 is 14.5 Å². The van der Waals surface area contributed by atoms with Crippen LogP contribution in [0.15, 0.2) is 28.8 Å². The van der Waals surface area contributed by atoms with Crippen molar-refractivity contribution in [2.45, 2.75) is 26.3 Å². The molecular formula is C18H24N4O3. The van der Waals surface area contributed by atoms with Crippen LogP contribution in [0.2, 0.25) is 0 Å². The van der Waals surface area contributed by atoms with Gasteiger partial charge >= 0.3 is 5.97 Å². The Hall–Kier alpha value is -2.25. The quantitative estimate of drug-likeness (QED) is 0.860. The zero-order chi connectivity index (χ0) is 17.8. The zero-order valence-electron chi connectivity index (χ0n) is 14.7. The number of benzene rings is 1. The Bertz CT molecular complexity index is 705. The summed E-state index contributed by atoms with van der Waals surface area (Å²) in [5, 5.41) is 12.9. The maximum atomic E-state index is 10.7. The first-order chi connectivity index (χ1) is 12.0. The lowest BCUT2D eigenvalue weighted by atomic mass is 10.1. The summed E-state index contributed by atoms with van der Waals surface area (Å²) in [4.78, 5) is 19.7. The highest BCUT2D eigenvalue weighted by Crippen LogP contribution is 2.23. The first-order valence-corrected chi connectivity index (χ1v) is 8.62. The van der Waals surface area contributed by atoms with Crippen LogP contribution < -0.4 is 0 Å². The van der Waals surface area contributed by atoms with Crippen LogP contribution in [-0.4, -0.2) is 63.7 Å². The van der Waals surface area contributed by atoms with Gasteiger partial charge in [-0.3, -0.25) is 9.69 Å². The predicted molar refractivity (Wildman–Crippen MR) is 93.2 cm³/mol. The fourth-order valence-electron chi connectivity index (χ4n) is 3.01. The Balaban J connectivity index is 1.58. The van der Waals surface area contributed by atoms with Gasteiger partial charge in [0.2, 0.25) is 11.7 Å². The molecule has 3 rings (SSSR count). The Morgan fingerprint density at radius 3 is 2.56 bits per heavy atom. The molecule has 1 saturated heterocycles. The summed E-state index contributed by atoms with van der Waals surface area (Å²) in [6.07, 6.45) is 0.194. The van der Waals surface area contributed by atoms with Crippen molar-refractivity contribution in [3.05, 3.63) is 35.7 Å². The summed E-state index contributed by atoms with van der Waals surface area (Å²) in [5.74, 6) is 0.488. The smallest absolute Gasteiger partial charge is 0.304 e. The molecule has 0 radical (unpaired) electrons. The lowest BCUT2D eigenvalue weighted by molar-refractivity contribution is -0.137. The molecule has 25 heavy (non-hydrogen) atoms. The minimum atomic E-state index is -0.745. The zero-order valence-corrected chi connectivity index (χ0v) is 14.7. The first-order valence-electron chi connectivity index (χ1n) is 8.62. The molecule has 1 aromatic heterocycles. The number of aliphatic carboxylic acids is 1. The van der Waals surface area contributed by atoms with E-state index in [0.29, 0.717) is 18.3 Å². The van der Waals surface area contributed by atoms with Crippen molar-refractivity contribution in [3.8, 4) is 11.4 Å². The number of aromatic nitrogens is 2. The van der Waals surface area contributed by atoms with E-state index in [2.05, 4.69) is 26.9 Å². The topological polar surface area (TPSA) is 82.7 Å². The van der Waals surface area contributed by atoms with Gasteiger partial charge in [-0.05, 0) is 13.8 Å². The van der Waals surface area contributed by atoms with E-state index >= 15 is 0 Å². The van der Waals surface area contributed by atoms with E-state index in [4.69, 9.17) is 9.63 Å². The van der Waals surface area contributed by atoms with Crippen LogP contribution in [0.3, 0.4) is 0 Å². The molecule has 7 heteroatoms. The molecule has 1 fully saturated rings. The molecule has 1 aromatic carbocycles. The fourth-order valence-corrected chi connectivity index (χ4v) is 3.01. The van der Waals surface area contributed by atoms with E-state index in [-0.39, 0.29) is 12.5 Å². The number of rotatable bonds is 6. The van der Waals surface area contributed by atoms with Crippen LogP contribution in [0.1, 0.15) is 30.8 Å². The van der Waals surface area contributed by atoms with Gasteiger partial charge in [0.1, 0.15) is 0 Å². The molecule has 0 saturated carbocycles. The number of hydrogen-bond acceptors (Lipinski definition) is 6.